The zero-order chi connectivity index (χ0) is 14.8. The molecule has 1 saturated carbocycles. The van der Waals surface area contributed by atoms with Gasteiger partial charge in [-0.25, -0.2) is 0 Å². The van der Waals surface area contributed by atoms with Gasteiger partial charge >= 0.3 is 0 Å². The van der Waals surface area contributed by atoms with Crippen molar-refractivity contribution in [3.8, 4) is 11.1 Å². The Morgan fingerprint density at radius 3 is 2.95 bits per heavy atom. The second-order valence-electron chi connectivity index (χ2n) is 5.50. The summed E-state index contributed by atoms with van der Waals surface area (Å²) >= 11 is 3.49. The Balaban J connectivity index is 1.76. The Morgan fingerprint density at radius 1 is 1.43 bits per heavy atom. The van der Waals surface area contributed by atoms with Crippen LogP contribution in [-0.4, -0.2) is 17.9 Å². The summed E-state index contributed by atoms with van der Waals surface area (Å²) in [5, 5.41) is 4.16. The van der Waals surface area contributed by atoms with Crippen LogP contribution in [0.3, 0.4) is 0 Å². The van der Waals surface area contributed by atoms with Gasteiger partial charge in [-0.15, -0.1) is 0 Å². The lowest BCUT2D eigenvalue weighted by molar-refractivity contribution is -0.0244. The molecular weight excluding hydrogens is 332 g/mol. The molecule has 2 aromatic rings. The first kappa shape index (κ1) is 14.6. The van der Waals surface area contributed by atoms with Crippen LogP contribution in [0.2, 0.25) is 0 Å². The van der Waals surface area contributed by atoms with E-state index >= 15 is 0 Å². The lowest BCUT2D eigenvalue weighted by Crippen LogP contribution is -2.32. The molecular formula is C16H19BrN2O2. The van der Waals surface area contributed by atoms with Gasteiger partial charge in [-0.05, 0) is 49.8 Å². The van der Waals surface area contributed by atoms with Gasteiger partial charge in [0, 0.05) is 11.1 Å². The second-order valence-corrected chi connectivity index (χ2v) is 6.41. The van der Waals surface area contributed by atoms with Gasteiger partial charge in [0.05, 0.1) is 17.4 Å². The minimum absolute atomic E-state index is 0.392. The lowest BCUT2D eigenvalue weighted by Gasteiger charge is -2.34. The Morgan fingerprint density at radius 2 is 2.24 bits per heavy atom. The highest BCUT2D eigenvalue weighted by atomic mass is 79.9. The molecule has 0 aliphatic heterocycles. The van der Waals surface area contributed by atoms with Crippen LogP contribution >= 0.6 is 15.9 Å². The van der Waals surface area contributed by atoms with E-state index < -0.39 is 0 Å². The molecule has 1 aliphatic rings. The van der Waals surface area contributed by atoms with E-state index in [-0.39, 0.29) is 0 Å². The number of aromatic nitrogens is 1. The molecule has 0 unspecified atom stereocenters. The number of nitrogens with two attached hydrogens (primary N) is 1. The Kier molecular flexibility index (Phi) is 4.31. The molecule has 0 radical (unpaired) electrons. The maximum Gasteiger partial charge on any atom is 0.230 e. The first-order chi connectivity index (χ1) is 10.2. The highest BCUT2D eigenvalue weighted by molar-refractivity contribution is 9.10. The summed E-state index contributed by atoms with van der Waals surface area (Å²) in [6.07, 6.45) is 3.50. The standard InChI is InChI=1S/C16H19BrN2O2/c1-2-20-13-6-10(7-13)8-14-15(16(18)21-19-14)11-4-3-5-12(17)9-11/h3-5,9-10,13H,2,6-8,18H2,1H3. The maximum atomic E-state index is 5.96. The number of ether oxygens (including phenoxy) is 1. The summed E-state index contributed by atoms with van der Waals surface area (Å²) in [5.74, 6) is 1.00. The summed E-state index contributed by atoms with van der Waals surface area (Å²) < 4.78 is 11.8. The Hall–Kier alpha value is -1.33. The molecule has 112 valence electrons. The molecule has 0 saturated heterocycles. The molecule has 21 heavy (non-hydrogen) atoms. The van der Waals surface area contributed by atoms with Crippen LogP contribution in [0, 0.1) is 5.92 Å². The van der Waals surface area contributed by atoms with Crippen molar-refractivity contribution < 1.29 is 9.26 Å². The molecule has 2 N–H and O–H groups in total. The van der Waals surface area contributed by atoms with Crippen LogP contribution in [0.25, 0.3) is 11.1 Å². The van der Waals surface area contributed by atoms with Gasteiger partial charge in [-0.2, -0.15) is 0 Å². The quantitative estimate of drug-likeness (QED) is 0.883. The number of nitrogen functional groups attached to an aromatic ring is 1. The van der Waals surface area contributed by atoms with Crippen molar-refractivity contribution in [3.63, 3.8) is 0 Å². The maximum absolute atomic E-state index is 5.96. The predicted molar refractivity (Wildman–Crippen MR) is 85.9 cm³/mol. The topological polar surface area (TPSA) is 61.3 Å². The van der Waals surface area contributed by atoms with Gasteiger partial charge in [0.1, 0.15) is 0 Å². The fourth-order valence-corrected chi connectivity index (χ4v) is 3.32. The van der Waals surface area contributed by atoms with Gasteiger partial charge in [0.15, 0.2) is 0 Å². The number of benzene rings is 1. The Bertz CT molecular complexity index is 620. The smallest absolute Gasteiger partial charge is 0.230 e. The SMILES string of the molecule is CCOC1CC(Cc2noc(N)c2-c2cccc(Br)c2)C1. The first-order valence-corrected chi connectivity index (χ1v) is 8.08. The van der Waals surface area contributed by atoms with Gasteiger partial charge in [0.2, 0.25) is 5.88 Å². The number of hydrogen-bond donors (Lipinski definition) is 1. The van der Waals surface area contributed by atoms with Gasteiger partial charge < -0.3 is 15.0 Å². The monoisotopic (exact) mass is 350 g/mol. The average Bonchev–Trinajstić information content (AvgIpc) is 2.77. The number of nitrogens with zero attached hydrogens (tertiary/aromatic N) is 1. The van der Waals surface area contributed by atoms with Crippen molar-refractivity contribution in [2.24, 2.45) is 5.92 Å². The predicted octanol–water partition coefficient (Wildman–Crippen LogP) is 4.04. The third kappa shape index (κ3) is 3.14. The fourth-order valence-electron chi connectivity index (χ4n) is 2.92. The van der Waals surface area contributed by atoms with Gasteiger partial charge in [-0.1, -0.05) is 33.2 Å². The molecule has 3 rings (SSSR count). The van der Waals surface area contributed by atoms with Crippen molar-refractivity contribution in [1.29, 1.82) is 0 Å². The number of rotatable bonds is 5. The molecule has 1 aliphatic carbocycles. The van der Waals surface area contributed by atoms with Crippen LogP contribution < -0.4 is 5.73 Å². The van der Waals surface area contributed by atoms with E-state index in [9.17, 15) is 0 Å². The number of hydrogen-bond acceptors (Lipinski definition) is 4. The molecule has 5 heteroatoms. The van der Waals surface area contributed by atoms with E-state index in [2.05, 4.69) is 21.1 Å². The third-order valence-electron chi connectivity index (χ3n) is 3.98. The van der Waals surface area contributed by atoms with E-state index in [0.29, 0.717) is 17.9 Å². The van der Waals surface area contributed by atoms with E-state index in [1.54, 1.807) is 0 Å². The molecule has 1 fully saturated rings. The average molecular weight is 351 g/mol. The molecule has 0 atom stereocenters. The first-order valence-electron chi connectivity index (χ1n) is 7.29. The van der Waals surface area contributed by atoms with E-state index in [0.717, 1.165) is 47.2 Å². The van der Waals surface area contributed by atoms with Crippen LogP contribution in [-0.2, 0) is 11.2 Å². The van der Waals surface area contributed by atoms with Crippen molar-refractivity contribution in [2.75, 3.05) is 12.3 Å². The van der Waals surface area contributed by atoms with Crippen molar-refractivity contribution >= 4 is 21.8 Å². The highest BCUT2D eigenvalue weighted by Crippen LogP contribution is 2.37. The zero-order valence-corrected chi connectivity index (χ0v) is 13.6. The second kappa shape index (κ2) is 6.20. The highest BCUT2D eigenvalue weighted by Gasteiger charge is 2.31. The molecule has 4 nitrogen and oxygen atoms in total. The number of halogens is 1. The van der Waals surface area contributed by atoms with Gasteiger partial charge in [0.25, 0.3) is 0 Å². The van der Waals surface area contributed by atoms with Crippen LogP contribution in [0.4, 0.5) is 5.88 Å². The van der Waals surface area contributed by atoms with E-state index in [4.69, 9.17) is 15.0 Å². The molecule has 0 amide bonds. The van der Waals surface area contributed by atoms with Gasteiger partial charge in [-0.3, -0.25) is 0 Å². The molecule has 1 aromatic carbocycles. The van der Waals surface area contributed by atoms with Crippen LogP contribution in [0.1, 0.15) is 25.5 Å². The van der Waals surface area contributed by atoms with Crippen LogP contribution in [0.5, 0.6) is 0 Å². The summed E-state index contributed by atoms with van der Waals surface area (Å²) in [4.78, 5) is 0. The summed E-state index contributed by atoms with van der Waals surface area (Å²) in [6.45, 7) is 2.83. The molecule has 1 aromatic heterocycles. The normalized spacial score (nSPS) is 21.2. The minimum atomic E-state index is 0.392. The zero-order valence-electron chi connectivity index (χ0n) is 12.0. The van der Waals surface area contributed by atoms with Crippen molar-refractivity contribution in [2.45, 2.75) is 32.3 Å². The summed E-state index contributed by atoms with van der Waals surface area (Å²) in [5.41, 5.74) is 8.88. The Labute approximate surface area is 132 Å². The minimum Gasteiger partial charge on any atom is -0.378 e. The molecule has 1 heterocycles. The summed E-state index contributed by atoms with van der Waals surface area (Å²) in [6, 6.07) is 8.05. The largest absolute Gasteiger partial charge is 0.378 e. The van der Waals surface area contributed by atoms with Crippen molar-refractivity contribution in [1.82, 2.24) is 5.16 Å². The summed E-state index contributed by atoms with van der Waals surface area (Å²) in [7, 11) is 0. The van der Waals surface area contributed by atoms with E-state index in [1.165, 1.54) is 0 Å². The van der Waals surface area contributed by atoms with Crippen molar-refractivity contribution in [3.05, 3.63) is 34.4 Å². The fraction of sp³-hybridized carbons (Fsp3) is 0.438. The third-order valence-corrected chi connectivity index (χ3v) is 4.47. The van der Waals surface area contributed by atoms with E-state index in [1.807, 2.05) is 31.2 Å². The molecule has 0 spiro atoms. The number of anilines is 1. The lowest BCUT2D eigenvalue weighted by atomic mass is 9.78. The molecule has 0 bridgehead atoms. The van der Waals surface area contributed by atoms with Crippen LogP contribution in [0.15, 0.2) is 33.3 Å².